The van der Waals surface area contributed by atoms with E-state index >= 15 is 0 Å². The molecule has 0 atom stereocenters. The van der Waals surface area contributed by atoms with E-state index in [4.69, 9.17) is 21.1 Å². The van der Waals surface area contributed by atoms with Crippen LogP contribution in [0.5, 0.6) is 0 Å². The van der Waals surface area contributed by atoms with E-state index in [0.717, 1.165) is 13.2 Å². The van der Waals surface area contributed by atoms with Gasteiger partial charge >= 0.3 is 0 Å². The molecule has 2 nitrogen and oxygen atoms in total. The topological polar surface area (TPSA) is 18.5 Å². The third-order valence-corrected chi connectivity index (χ3v) is 1.42. The van der Waals surface area contributed by atoms with Crippen molar-refractivity contribution in [2.75, 3.05) is 19.3 Å². The molecule has 12 heavy (non-hydrogen) atoms. The number of hydrogen-bond donors (Lipinski definition) is 0. The lowest BCUT2D eigenvalue weighted by atomic mass is 10.2. The van der Waals surface area contributed by atoms with E-state index in [-0.39, 0.29) is 11.7 Å². The van der Waals surface area contributed by atoms with Crippen LogP contribution in [0.1, 0.15) is 33.6 Å². The summed E-state index contributed by atoms with van der Waals surface area (Å²) in [5, 5.41) is 0. The van der Waals surface area contributed by atoms with Crippen LogP contribution in [-0.2, 0) is 9.47 Å². The van der Waals surface area contributed by atoms with Crippen molar-refractivity contribution < 1.29 is 9.47 Å². The standard InChI is InChI=1S/C5H11ClO.C4H8O/c1-5(2,3)7-4-6;1-2-4-5-3-1/h4H2,1-3H3;1-4H2. The van der Waals surface area contributed by atoms with Crippen LogP contribution in [0.4, 0.5) is 0 Å². The first-order valence-corrected chi connectivity index (χ1v) is 4.87. The molecule has 1 saturated heterocycles. The van der Waals surface area contributed by atoms with E-state index in [2.05, 4.69) is 0 Å². The summed E-state index contributed by atoms with van der Waals surface area (Å²) in [7, 11) is 0. The van der Waals surface area contributed by atoms with E-state index < -0.39 is 0 Å². The molecule has 0 radical (unpaired) electrons. The van der Waals surface area contributed by atoms with Gasteiger partial charge in [-0.05, 0) is 33.6 Å². The maximum atomic E-state index is 5.26. The lowest BCUT2D eigenvalue weighted by molar-refractivity contribution is 0.0262. The Kier molecular flexibility index (Phi) is 6.81. The second-order valence-corrected chi connectivity index (χ2v) is 3.90. The minimum Gasteiger partial charge on any atom is -0.381 e. The van der Waals surface area contributed by atoms with Crippen molar-refractivity contribution >= 4 is 11.6 Å². The lowest BCUT2D eigenvalue weighted by Gasteiger charge is -2.16. The Morgan fingerprint density at radius 2 is 1.75 bits per heavy atom. The van der Waals surface area contributed by atoms with Crippen LogP contribution < -0.4 is 0 Å². The van der Waals surface area contributed by atoms with Crippen LogP contribution in [0.25, 0.3) is 0 Å². The Labute approximate surface area is 80.2 Å². The Hall–Kier alpha value is 0.210. The summed E-state index contributed by atoms with van der Waals surface area (Å²) in [4.78, 5) is 0. The quantitative estimate of drug-likeness (QED) is 0.598. The van der Waals surface area contributed by atoms with Gasteiger partial charge < -0.3 is 9.47 Å². The van der Waals surface area contributed by atoms with Crippen molar-refractivity contribution in [2.24, 2.45) is 0 Å². The molecule has 0 spiro atoms. The molecule has 1 aliphatic rings. The summed E-state index contributed by atoms with van der Waals surface area (Å²) in [6.45, 7) is 7.90. The fourth-order valence-electron chi connectivity index (χ4n) is 0.674. The van der Waals surface area contributed by atoms with Crippen molar-refractivity contribution in [3.8, 4) is 0 Å². The Morgan fingerprint density at radius 3 is 1.83 bits per heavy atom. The molecule has 0 amide bonds. The van der Waals surface area contributed by atoms with Gasteiger partial charge in [0.1, 0.15) is 6.07 Å². The van der Waals surface area contributed by atoms with Crippen LogP contribution in [-0.4, -0.2) is 24.9 Å². The van der Waals surface area contributed by atoms with Crippen LogP contribution >= 0.6 is 11.6 Å². The molecule has 74 valence electrons. The monoisotopic (exact) mass is 194 g/mol. The first kappa shape index (κ1) is 12.2. The van der Waals surface area contributed by atoms with Gasteiger partial charge in [-0.2, -0.15) is 0 Å². The highest BCUT2D eigenvalue weighted by molar-refractivity contribution is 6.17. The molecule has 1 aliphatic heterocycles. The van der Waals surface area contributed by atoms with Crippen LogP contribution in [0.2, 0.25) is 0 Å². The number of hydrogen-bond acceptors (Lipinski definition) is 2. The average Bonchev–Trinajstić information content (AvgIpc) is 2.38. The van der Waals surface area contributed by atoms with Gasteiger partial charge in [0.05, 0.1) is 5.60 Å². The molecule has 1 heterocycles. The van der Waals surface area contributed by atoms with Crippen LogP contribution in [0, 0.1) is 0 Å². The molecule has 0 saturated carbocycles. The molecule has 0 bridgehead atoms. The number of alkyl halides is 1. The van der Waals surface area contributed by atoms with Crippen LogP contribution in [0.3, 0.4) is 0 Å². The summed E-state index contributed by atoms with van der Waals surface area (Å²) in [6.07, 6.45) is 2.56. The van der Waals surface area contributed by atoms with E-state index in [0.29, 0.717) is 0 Å². The Morgan fingerprint density at radius 1 is 1.25 bits per heavy atom. The van der Waals surface area contributed by atoms with Crippen LogP contribution in [0.15, 0.2) is 0 Å². The molecule has 0 aromatic heterocycles. The van der Waals surface area contributed by atoms with E-state index in [1.165, 1.54) is 12.8 Å². The molecular formula is C9H19ClO2. The third kappa shape index (κ3) is 10.2. The summed E-state index contributed by atoms with van der Waals surface area (Å²) in [5.41, 5.74) is -0.0816. The second kappa shape index (κ2) is 6.70. The molecular weight excluding hydrogens is 176 g/mol. The molecule has 1 fully saturated rings. The molecule has 0 unspecified atom stereocenters. The average molecular weight is 195 g/mol. The largest absolute Gasteiger partial charge is 0.381 e. The summed E-state index contributed by atoms with van der Waals surface area (Å²) in [6, 6.07) is 0.281. The SMILES string of the molecule is C1CCOC1.CC(C)(C)OCCl. The molecule has 0 aromatic rings. The minimum absolute atomic E-state index is 0.0816. The van der Waals surface area contributed by atoms with Gasteiger partial charge in [0.15, 0.2) is 0 Å². The first-order valence-electron chi connectivity index (χ1n) is 4.34. The molecule has 0 N–H and O–H groups in total. The zero-order chi connectivity index (χ0) is 9.45. The van der Waals surface area contributed by atoms with Crippen molar-refractivity contribution in [3.05, 3.63) is 0 Å². The maximum absolute atomic E-state index is 5.26. The van der Waals surface area contributed by atoms with Crippen molar-refractivity contribution in [1.29, 1.82) is 0 Å². The number of ether oxygens (including phenoxy) is 2. The molecule has 1 rings (SSSR count). The smallest absolute Gasteiger partial charge is 0.121 e. The molecule has 3 heteroatoms. The lowest BCUT2D eigenvalue weighted by Crippen LogP contribution is -2.17. The van der Waals surface area contributed by atoms with Gasteiger partial charge in [0.2, 0.25) is 0 Å². The number of halogens is 1. The highest BCUT2D eigenvalue weighted by atomic mass is 35.5. The van der Waals surface area contributed by atoms with Gasteiger partial charge in [0, 0.05) is 13.2 Å². The summed E-state index contributed by atoms with van der Waals surface area (Å²) >= 11 is 5.26. The molecule has 0 aromatic carbocycles. The zero-order valence-corrected chi connectivity index (χ0v) is 8.99. The van der Waals surface area contributed by atoms with E-state index in [1.807, 2.05) is 20.8 Å². The first-order chi connectivity index (χ1) is 5.56. The second-order valence-electron chi connectivity index (χ2n) is 3.69. The van der Waals surface area contributed by atoms with Gasteiger partial charge in [-0.3, -0.25) is 0 Å². The van der Waals surface area contributed by atoms with Crippen molar-refractivity contribution in [2.45, 2.75) is 39.2 Å². The van der Waals surface area contributed by atoms with E-state index in [9.17, 15) is 0 Å². The highest BCUT2D eigenvalue weighted by Crippen LogP contribution is 2.06. The fraction of sp³-hybridized carbons (Fsp3) is 1.00. The minimum atomic E-state index is -0.0816. The van der Waals surface area contributed by atoms with E-state index in [1.54, 1.807) is 0 Å². The van der Waals surface area contributed by atoms with Gasteiger partial charge in [-0.1, -0.05) is 11.6 Å². The van der Waals surface area contributed by atoms with Crippen molar-refractivity contribution in [1.82, 2.24) is 0 Å². The maximum Gasteiger partial charge on any atom is 0.121 e. The Bertz CT molecular complexity index is 87.6. The molecule has 0 aliphatic carbocycles. The van der Waals surface area contributed by atoms with Crippen molar-refractivity contribution in [3.63, 3.8) is 0 Å². The van der Waals surface area contributed by atoms with Gasteiger partial charge in [0.25, 0.3) is 0 Å². The predicted molar refractivity (Wildman–Crippen MR) is 51.6 cm³/mol. The predicted octanol–water partition coefficient (Wildman–Crippen LogP) is 2.79. The Balaban J connectivity index is 0.000000211. The summed E-state index contributed by atoms with van der Waals surface area (Å²) < 4.78 is 9.94. The van der Waals surface area contributed by atoms with Gasteiger partial charge in [-0.15, -0.1) is 0 Å². The van der Waals surface area contributed by atoms with Gasteiger partial charge in [-0.25, -0.2) is 0 Å². The zero-order valence-electron chi connectivity index (χ0n) is 8.23. The highest BCUT2D eigenvalue weighted by Gasteiger charge is 2.07. The summed E-state index contributed by atoms with van der Waals surface area (Å²) in [5.74, 6) is 0. The normalized spacial score (nSPS) is 17.0. The third-order valence-electron chi connectivity index (χ3n) is 1.31. The fourth-order valence-corrected chi connectivity index (χ4v) is 1.00. The number of rotatable bonds is 1.